The number of ether oxygens (including phenoxy) is 1. The molecule has 0 bridgehead atoms. The number of aromatic nitrogens is 2. The number of aromatic amines is 1. The fourth-order valence-electron chi connectivity index (χ4n) is 1.35. The summed E-state index contributed by atoms with van der Waals surface area (Å²) in [7, 11) is 1.45. The van der Waals surface area contributed by atoms with Crippen LogP contribution in [-0.2, 0) is 0 Å². The van der Waals surface area contributed by atoms with E-state index in [2.05, 4.69) is 14.7 Å². The van der Waals surface area contributed by atoms with Crippen molar-refractivity contribution in [1.82, 2.24) is 10.1 Å². The summed E-state index contributed by atoms with van der Waals surface area (Å²) in [6.45, 7) is 0. The lowest BCUT2D eigenvalue weighted by Crippen LogP contribution is -2.11. The van der Waals surface area contributed by atoms with Crippen LogP contribution in [0, 0.1) is 0 Å². The lowest BCUT2D eigenvalue weighted by molar-refractivity contribution is 0.1000. The first-order valence-electron chi connectivity index (χ1n) is 4.65. The van der Waals surface area contributed by atoms with Crippen molar-refractivity contribution in [2.24, 2.45) is 5.73 Å². The van der Waals surface area contributed by atoms with Gasteiger partial charge in [0.2, 0.25) is 5.91 Å². The van der Waals surface area contributed by atoms with Gasteiger partial charge in [0.05, 0.1) is 7.11 Å². The number of rotatable bonds is 3. The van der Waals surface area contributed by atoms with Crippen molar-refractivity contribution in [2.75, 3.05) is 7.11 Å². The number of methoxy groups -OCH3 is 1. The molecule has 0 fully saturated rings. The number of hydrogen-bond donors (Lipinski definition) is 2. The maximum atomic E-state index is 11.1. The molecule has 3 N–H and O–H groups in total. The lowest BCUT2D eigenvalue weighted by atomic mass is 10.1. The number of H-pyrrole nitrogens is 1. The van der Waals surface area contributed by atoms with Gasteiger partial charge in [-0.3, -0.25) is 14.3 Å². The Morgan fingerprint density at radius 1 is 1.47 bits per heavy atom. The number of primary amides is 1. The van der Waals surface area contributed by atoms with Crippen LogP contribution in [0.1, 0.15) is 10.4 Å². The lowest BCUT2D eigenvalue weighted by Gasteiger charge is -2.04. The van der Waals surface area contributed by atoms with Crippen molar-refractivity contribution in [3.05, 3.63) is 34.3 Å². The zero-order valence-electron chi connectivity index (χ0n) is 8.89. The minimum atomic E-state index is -0.677. The molecule has 0 aliphatic carbocycles. The molecule has 17 heavy (non-hydrogen) atoms. The summed E-state index contributed by atoms with van der Waals surface area (Å²) < 4.78 is 9.39. The number of benzene rings is 1. The molecule has 2 rings (SSSR count). The highest BCUT2D eigenvalue weighted by Crippen LogP contribution is 2.22. The Balaban J connectivity index is 2.57. The van der Waals surface area contributed by atoms with Crippen LogP contribution in [0.5, 0.6) is 5.75 Å². The summed E-state index contributed by atoms with van der Waals surface area (Å²) in [5.41, 5.74) is 5.91. The summed E-state index contributed by atoms with van der Waals surface area (Å²) in [4.78, 5) is 24.3. The maximum absolute atomic E-state index is 11.1. The number of nitrogens with zero attached hydrogens (tertiary/aromatic N) is 1. The average Bonchev–Trinajstić information content (AvgIpc) is 2.75. The van der Waals surface area contributed by atoms with Crippen LogP contribution in [0.25, 0.3) is 11.4 Å². The average molecular weight is 235 g/mol. The number of carbonyl (C=O) groups is 1. The van der Waals surface area contributed by atoms with Gasteiger partial charge < -0.3 is 10.5 Å². The molecule has 1 amide bonds. The normalized spacial score (nSPS) is 10.2. The van der Waals surface area contributed by atoms with Gasteiger partial charge in [0.1, 0.15) is 5.75 Å². The van der Waals surface area contributed by atoms with Crippen LogP contribution in [0.15, 0.2) is 27.5 Å². The van der Waals surface area contributed by atoms with E-state index in [9.17, 15) is 9.59 Å². The third kappa shape index (κ3) is 2.17. The second kappa shape index (κ2) is 4.12. The molecule has 0 saturated carbocycles. The highest BCUT2D eigenvalue weighted by molar-refractivity contribution is 5.94. The monoisotopic (exact) mass is 235 g/mol. The van der Waals surface area contributed by atoms with Crippen LogP contribution in [-0.4, -0.2) is 23.2 Å². The third-order valence-electron chi connectivity index (χ3n) is 2.14. The molecule has 2 aromatic rings. The van der Waals surface area contributed by atoms with E-state index in [1.165, 1.54) is 19.2 Å². The number of amides is 1. The Labute approximate surface area is 95.2 Å². The van der Waals surface area contributed by atoms with Crippen LogP contribution in [0.4, 0.5) is 0 Å². The second-order valence-electron chi connectivity index (χ2n) is 3.26. The van der Waals surface area contributed by atoms with E-state index in [1.807, 2.05) is 0 Å². The molecule has 0 aliphatic heterocycles. The topological polar surface area (TPSA) is 111 Å². The standard InChI is InChI=1S/C10H9N3O4/c1-16-7-3-5(8(11)14)2-6(4-7)9-12-10(15)17-13-9/h2-4H,1H3,(H2,11,14)(H,12,13,15). The maximum Gasteiger partial charge on any atom is 0.439 e. The zero-order valence-corrected chi connectivity index (χ0v) is 8.89. The van der Waals surface area contributed by atoms with E-state index in [-0.39, 0.29) is 11.4 Å². The highest BCUT2D eigenvalue weighted by Gasteiger charge is 2.10. The molecule has 1 aromatic heterocycles. The van der Waals surface area contributed by atoms with Crippen molar-refractivity contribution in [3.63, 3.8) is 0 Å². The Morgan fingerprint density at radius 3 is 2.76 bits per heavy atom. The Kier molecular flexibility index (Phi) is 2.65. The predicted octanol–water partition coefficient (Wildman–Crippen LogP) is 0.137. The van der Waals surface area contributed by atoms with Gasteiger partial charge in [-0.2, -0.15) is 0 Å². The number of hydrogen-bond acceptors (Lipinski definition) is 5. The van der Waals surface area contributed by atoms with Gasteiger partial charge >= 0.3 is 5.76 Å². The molecule has 0 saturated heterocycles. The summed E-state index contributed by atoms with van der Waals surface area (Å²) in [6.07, 6.45) is 0. The van der Waals surface area contributed by atoms with Crippen molar-refractivity contribution in [2.45, 2.75) is 0 Å². The first kappa shape index (κ1) is 10.9. The Hall–Kier alpha value is -2.57. The van der Waals surface area contributed by atoms with Crippen LogP contribution in [0.3, 0.4) is 0 Å². The molecule has 1 heterocycles. The molecule has 7 nitrogen and oxygen atoms in total. The zero-order chi connectivity index (χ0) is 12.4. The van der Waals surface area contributed by atoms with Gasteiger partial charge in [-0.15, -0.1) is 0 Å². The molecular formula is C10H9N3O4. The number of nitrogens with two attached hydrogens (primary N) is 1. The summed E-state index contributed by atoms with van der Waals surface area (Å²) in [5, 5.41) is 3.51. The summed E-state index contributed by atoms with van der Waals surface area (Å²) in [6, 6.07) is 4.57. The van der Waals surface area contributed by atoms with Gasteiger partial charge in [0.25, 0.3) is 0 Å². The summed E-state index contributed by atoms with van der Waals surface area (Å²) in [5.74, 6) is -0.643. The van der Waals surface area contributed by atoms with Crippen molar-refractivity contribution in [1.29, 1.82) is 0 Å². The molecule has 0 spiro atoms. The third-order valence-corrected chi connectivity index (χ3v) is 2.14. The van der Waals surface area contributed by atoms with E-state index in [0.29, 0.717) is 11.3 Å². The minimum Gasteiger partial charge on any atom is -0.497 e. The minimum absolute atomic E-state index is 0.205. The first-order valence-corrected chi connectivity index (χ1v) is 4.65. The second-order valence-corrected chi connectivity index (χ2v) is 3.26. The predicted molar refractivity (Wildman–Crippen MR) is 57.6 cm³/mol. The number of carbonyl (C=O) groups excluding carboxylic acids is 1. The van der Waals surface area contributed by atoms with E-state index in [0.717, 1.165) is 0 Å². The SMILES string of the molecule is COc1cc(C(N)=O)cc(-c2noc(=O)[nH]2)c1. The van der Waals surface area contributed by atoms with Gasteiger partial charge in [-0.1, -0.05) is 5.16 Å². The van der Waals surface area contributed by atoms with Gasteiger partial charge in [-0.25, -0.2) is 4.79 Å². The van der Waals surface area contributed by atoms with Crippen molar-refractivity contribution < 1.29 is 14.1 Å². The van der Waals surface area contributed by atoms with E-state index < -0.39 is 11.7 Å². The van der Waals surface area contributed by atoms with Crippen LogP contribution >= 0.6 is 0 Å². The Morgan fingerprint density at radius 2 is 2.24 bits per heavy atom. The van der Waals surface area contributed by atoms with Crippen LogP contribution < -0.4 is 16.2 Å². The summed E-state index contributed by atoms with van der Waals surface area (Å²) >= 11 is 0. The molecule has 0 radical (unpaired) electrons. The smallest absolute Gasteiger partial charge is 0.439 e. The van der Waals surface area contributed by atoms with Crippen molar-refractivity contribution in [3.8, 4) is 17.1 Å². The molecular weight excluding hydrogens is 226 g/mol. The molecule has 88 valence electrons. The molecule has 7 heteroatoms. The van der Waals surface area contributed by atoms with Crippen LogP contribution in [0.2, 0.25) is 0 Å². The first-order chi connectivity index (χ1) is 8.10. The van der Waals surface area contributed by atoms with Gasteiger partial charge in [-0.05, 0) is 18.2 Å². The fourth-order valence-corrected chi connectivity index (χ4v) is 1.35. The molecule has 0 unspecified atom stereocenters. The van der Waals surface area contributed by atoms with E-state index in [1.54, 1.807) is 6.07 Å². The fraction of sp³-hybridized carbons (Fsp3) is 0.100. The Bertz CT molecular complexity index is 614. The molecule has 0 atom stereocenters. The van der Waals surface area contributed by atoms with E-state index >= 15 is 0 Å². The largest absolute Gasteiger partial charge is 0.497 e. The van der Waals surface area contributed by atoms with Gasteiger partial charge in [0.15, 0.2) is 5.82 Å². The molecule has 0 aliphatic rings. The van der Waals surface area contributed by atoms with Crippen molar-refractivity contribution >= 4 is 5.91 Å². The van der Waals surface area contributed by atoms with Gasteiger partial charge in [0, 0.05) is 11.1 Å². The highest BCUT2D eigenvalue weighted by atomic mass is 16.5. The molecule has 1 aromatic carbocycles. The quantitative estimate of drug-likeness (QED) is 0.785. The van der Waals surface area contributed by atoms with E-state index in [4.69, 9.17) is 10.5 Å². The number of nitrogens with one attached hydrogen (secondary N) is 1.